The maximum atomic E-state index is 13.0. The van der Waals surface area contributed by atoms with E-state index in [1.807, 2.05) is 6.92 Å². The molecule has 2 aromatic rings. The molecule has 0 unspecified atom stereocenters. The lowest BCUT2D eigenvalue weighted by atomic mass is 10.0. The van der Waals surface area contributed by atoms with Gasteiger partial charge in [-0.2, -0.15) is 0 Å². The van der Waals surface area contributed by atoms with Crippen molar-refractivity contribution < 1.29 is 9.59 Å². The summed E-state index contributed by atoms with van der Waals surface area (Å²) in [6, 6.07) is 5.19. The molecule has 24 heavy (non-hydrogen) atoms. The van der Waals surface area contributed by atoms with Crippen molar-refractivity contribution in [3.63, 3.8) is 0 Å². The summed E-state index contributed by atoms with van der Waals surface area (Å²) in [7, 11) is 0. The second-order valence-electron chi connectivity index (χ2n) is 5.81. The number of rotatable bonds is 2. The molecule has 1 aliphatic rings. The average Bonchev–Trinajstić information content (AvgIpc) is 2.55. The van der Waals surface area contributed by atoms with E-state index in [-0.39, 0.29) is 17.4 Å². The van der Waals surface area contributed by atoms with Crippen molar-refractivity contribution in [1.82, 2.24) is 9.97 Å². The molecule has 2 amide bonds. The van der Waals surface area contributed by atoms with Crippen molar-refractivity contribution >= 4 is 23.3 Å². The molecular formula is C17H18N4O3. The predicted molar refractivity (Wildman–Crippen MR) is 90.3 cm³/mol. The molecule has 0 radical (unpaired) electrons. The Balaban J connectivity index is 2.00. The van der Waals surface area contributed by atoms with Crippen LogP contribution in [-0.2, 0) is 11.2 Å². The van der Waals surface area contributed by atoms with Crippen molar-refractivity contribution in [2.75, 3.05) is 16.8 Å². The summed E-state index contributed by atoms with van der Waals surface area (Å²) in [6.45, 7) is 3.76. The molecule has 1 aliphatic heterocycles. The highest BCUT2D eigenvalue weighted by Gasteiger charge is 2.27. The molecule has 2 heterocycles. The van der Waals surface area contributed by atoms with Crippen LogP contribution in [0.5, 0.6) is 0 Å². The van der Waals surface area contributed by atoms with Crippen LogP contribution in [0.3, 0.4) is 0 Å². The summed E-state index contributed by atoms with van der Waals surface area (Å²) in [5.41, 5.74) is 2.17. The zero-order chi connectivity index (χ0) is 17.3. The fraction of sp³-hybridized carbons (Fsp3) is 0.294. The highest BCUT2D eigenvalue weighted by Crippen LogP contribution is 2.25. The quantitative estimate of drug-likeness (QED) is 0.877. The first-order valence-corrected chi connectivity index (χ1v) is 7.74. The third kappa shape index (κ3) is 2.92. The molecule has 0 saturated heterocycles. The lowest BCUT2D eigenvalue weighted by Gasteiger charge is -2.28. The molecule has 0 aliphatic carbocycles. The van der Waals surface area contributed by atoms with Crippen LogP contribution in [0.2, 0.25) is 0 Å². The molecule has 3 rings (SSSR count). The van der Waals surface area contributed by atoms with Crippen LogP contribution in [0.1, 0.15) is 34.8 Å². The van der Waals surface area contributed by atoms with Crippen LogP contribution in [0.4, 0.5) is 11.5 Å². The smallest absolute Gasteiger partial charge is 0.259 e. The fourth-order valence-electron chi connectivity index (χ4n) is 2.87. The number of nitrogens with one attached hydrogen (secondary N) is 2. The van der Waals surface area contributed by atoms with Crippen LogP contribution >= 0.6 is 0 Å². The van der Waals surface area contributed by atoms with E-state index in [0.29, 0.717) is 42.0 Å². The standard InChI is InChI=1S/C17H18N4O3/c1-10-5-6-12(20-11(2)22)8-14(10)17(24)21-7-3-4-13-15(21)18-9-19-16(13)23/h5-6,8-9H,3-4,7H2,1-2H3,(H,20,22)(H,18,19,23). The summed E-state index contributed by atoms with van der Waals surface area (Å²) in [5.74, 6) is -0.00754. The van der Waals surface area contributed by atoms with Gasteiger partial charge < -0.3 is 10.3 Å². The van der Waals surface area contributed by atoms with Crippen LogP contribution in [0.15, 0.2) is 29.3 Å². The Bertz CT molecular complexity index is 872. The molecule has 7 heteroatoms. The Labute approximate surface area is 138 Å². The van der Waals surface area contributed by atoms with Gasteiger partial charge in [-0.05, 0) is 37.5 Å². The van der Waals surface area contributed by atoms with Crippen LogP contribution in [0, 0.1) is 6.92 Å². The number of H-pyrrole nitrogens is 1. The van der Waals surface area contributed by atoms with Gasteiger partial charge in [0.25, 0.3) is 11.5 Å². The molecule has 0 spiro atoms. The Kier molecular flexibility index (Phi) is 4.16. The van der Waals surface area contributed by atoms with Crippen molar-refractivity contribution in [2.45, 2.75) is 26.7 Å². The Morgan fingerprint density at radius 2 is 2.12 bits per heavy atom. The van der Waals surface area contributed by atoms with Gasteiger partial charge in [0.1, 0.15) is 5.82 Å². The number of anilines is 2. The van der Waals surface area contributed by atoms with E-state index in [2.05, 4.69) is 15.3 Å². The number of aromatic nitrogens is 2. The highest BCUT2D eigenvalue weighted by molar-refractivity contribution is 6.08. The molecule has 0 bridgehead atoms. The van der Waals surface area contributed by atoms with Gasteiger partial charge in [-0.1, -0.05) is 6.07 Å². The van der Waals surface area contributed by atoms with E-state index in [4.69, 9.17) is 0 Å². The van der Waals surface area contributed by atoms with E-state index in [1.54, 1.807) is 18.2 Å². The van der Waals surface area contributed by atoms with E-state index >= 15 is 0 Å². The second kappa shape index (κ2) is 6.27. The van der Waals surface area contributed by atoms with Crippen molar-refractivity contribution in [1.29, 1.82) is 0 Å². The minimum Gasteiger partial charge on any atom is -0.326 e. The molecule has 0 fully saturated rings. The summed E-state index contributed by atoms with van der Waals surface area (Å²) < 4.78 is 0. The Hall–Kier alpha value is -2.96. The largest absolute Gasteiger partial charge is 0.326 e. The third-order valence-corrected chi connectivity index (χ3v) is 4.02. The van der Waals surface area contributed by atoms with Crippen LogP contribution < -0.4 is 15.8 Å². The van der Waals surface area contributed by atoms with Crippen molar-refractivity contribution in [3.8, 4) is 0 Å². The number of nitrogens with zero attached hydrogens (tertiary/aromatic N) is 2. The van der Waals surface area contributed by atoms with Gasteiger partial charge in [0, 0.05) is 24.7 Å². The minimum absolute atomic E-state index is 0.200. The molecule has 124 valence electrons. The number of aromatic amines is 1. The summed E-state index contributed by atoms with van der Waals surface area (Å²) >= 11 is 0. The minimum atomic E-state index is -0.223. The van der Waals surface area contributed by atoms with Crippen LogP contribution in [-0.4, -0.2) is 28.3 Å². The zero-order valence-corrected chi connectivity index (χ0v) is 13.5. The average molecular weight is 326 g/mol. The van der Waals surface area contributed by atoms with Gasteiger partial charge in [0.2, 0.25) is 5.91 Å². The molecule has 2 N–H and O–H groups in total. The van der Waals surface area contributed by atoms with E-state index in [0.717, 1.165) is 5.56 Å². The first-order chi connectivity index (χ1) is 11.5. The van der Waals surface area contributed by atoms with E-state index < -0.39 is 0 Å². The Morgan fingerprint density at radius 3 is 2.88 bits per heavy atom. The molecule has 0 atom stereocenters. The van der Waals surface area contributed by atoms with E-state index in [9.17, 15) is 14.4 Å². The Morgan fingerprint density at radius 1 is 1.33 bits per heavy atom. The fourth-order valence-corrected chi connectivity index (χ4v) is 2.87. The van der Waals surface area contributed by atoms with Crippen molar-refractivity contribution in [3.05, 3.63) is 51.6 Å². The number of aryl methyl sites for hydroxylation is 1. The number of hydrogen-bond donors (Lipinski definition) is 2. The van der Waals surface area contributed by atoms with Crippen molar-refractivity contribution in [2.24, 2.45) is 0 Å². The van der Waals surface area contributed by atoms with Gasteiger partial charge in [0.15, 0.2) is 0 Å². The normalized spacial score (nSPS) is 13.3. The first-order valence-electron chi connectivity index (χ1n) is 7.74. The number of fused-ring (bicyclic) bond motifs is 1. The summed E-state index contributed by atoms with van der Waals surface area (Å²) in [4.78, 5) is 44.4. The van der Waals surface area contributed by atoms with E-state index in [1.165, 1.54) is 18.2 Å². The van der Waals surface area contributed by atoms with Gasteiger partial charge in [-0.25, -0.2) is 4.98 Å². The molecular weight excluding hydrogens is 308 g/mol. The predicted octanol–water partition coefficient (Wildman–Crippen LogP) is 1.63. The highest BCUT2D eigenvalue weighted by atomic mass is 16.2. The van der Waals surface area contributed by atoms with Gasteiger partial charge in [-0.3, -0.25) is 19.3 Å². The number of carbonyl (C=O) groups excluding carboxylic acids is 2. The van der Waals surface area contributed by atoms with Crippen LogP contribution in [0.25, 0.3) is 0 Å². The molecule has 1 aromatic carbocycles. The number of benzene rings is 1. The topological polar surface area (TPSA) is 95.2 Å². The molecule has 0 saturated carbocycles. The number of hydrogen-bond acceptors (Lipinski definition) is 4. The monoisotopic (exact) mass is 326 g/mol. The summed E-state index contributed by atoms with van der Waals surface area (Å²) in [6.07, 6.45) is 2.62. The first kappa shape index (κ1) is 15.9. The SMILES string of the molecule is CC(=O)Nc1ccc(C)c(C(=O)N2CCCc3c2nc[nH]c3=O)c1. The molecule has 1 aromatic heterocycles. The third-order valence-electron chi connectivity index (χ3n) is 4.02. The maximum Gasteiger partial charge on any atom is 0.259 e. The lowest BCUT2D eigenvalue weighted by molar-refractivity contribution is -0.114. The zero-order valence-electron chi connectivity index (χ0n) is 13.5. The lowest BCUT2D eigenvalue weighted by Crippen LogP contribution is -2.39. The van der Waals surface area contributed by atoms with Gasteiger partial charge >= 0.3 is 0 Å². The van der Waals surface area contributed by atoms with Gasteiger partial charge in [-0.15, -0.1) is 0 Å². The maximum absolute atomic E-state index is 13.0. The number of amides is 2. The summed E-state index contributed by atoms with van der Waals surface area (Å²) in [5, 5.41) is 2.68. The second-order valence-corrected chi connectivity index (χ2v) is 5.81. The number of carbonyl (C=O) groups is 2. The van der Waals surface area contributed by atoms with Gasteiger partial charge in [0.05, 0.1) is 11.9 Å². The molecule has 7 nitrogen and oxygen atoms in total.